The Morgan fingerprint density at radius 3 is 2.59 bits per heavy atom. The Labute approximate surface area is 165 Å². The number of hydrogen-bond acceptors (Lipinski definition) is 4. The van der Waals surface area contributed by atoms with Gasteiger partial charge in [-0.15, -0.1) is 11.3 Å². The predicted molar refractivity (Wildman–Crippen MR) is 111 cm³/mol. The third-order valence-corrected chi connectivity index (χ3v) is 6.27. The lowest BCUT2D eigenvalue weighted by molar-refractivity contribution is -0.133. The first-order chi connectivity index (χ1) is 12.8. The van der Waals surface area contributed by atoms with Crippen LogP contribution in [0.5, 0.6) is 0 Å². The van der Waals surface area contributed by atoms with Crippen molar-refractivity contribution in [1.29, 1.82) is 0 Å². The molecule has 0 aliphatic heterocycles. The predicted octanol–water partition coefficient (Wildman–Crippen LogP) is 3.72. The molecule has 1 amide bonds. The summed E-state index contributed by atoms with van der Waals surface area (Å²) in [5, 5.41) is 0.747. The van der Waals surface area contributed by atoms with Gasteiger partial charge >= 0.3 is 0 Å². The SMILES string of the molecule is CC(C)CN(CC(C)C)C(=O)Cn1cnc2sc3c(c2c1=O)CC[C@H](C)C3. The topological polar surface area (TPSA) is 55.2 Å². The van der Waals surface area contributed by atoms with Crippen molar-refractivity contribution in [2.45, 2.75) is 60.4 Å². The molecule has 0 aromatic carbocycles. The summed E-state index contributed by atoms with van der Waals surface area (Å²) in [7, 11) is 0. The van der Waals surface area contributed by atoms with Crippen LogP contribution in [0.15, 0.2) is 11.1 Å². The number of aromatic nitrogens is 2. The fourth-order valence-corrected chi connectivity index (χ4v) is 5.23. The van der Waals surface area contributed by atoms with E-state index >= 15 is 0 Å². The number of carbonyl (C=O) groups is 1. The van der Waals surface area contributed by atoms with E-state index in [1.54, 1.807) is 17.7 Å². The minimum Gasteiger partial charge on any atom is -0.341 e. The third-order valence-electron chi connectivity index (χ3n) is 5.11. The number of aryl methyl sites for hydroxylation is 1. The molecule has 0 unspecified atom stereocenters. The maximum Gasteiger partial charge on any atom is 0.262 e. The van der Waals surface area contributed by atoms with Crippen molar-refractivity contribution < 1.29 is 4.79 Å². The van der Waals surface area contributed by atoms with Gasteiger partial charge < -0.3 is 4.90 Å². The van der Waals surface area contributed by atoms with Crippen LogP contribution in [0.25, 0.3) is 10.2 Å². The average Bonchev–Trinajstić information content (AvgIpc) is 2.94. The molecule has 6 heteroatoms. The highest BCUT2D eigenvalue weighted by Gasteiger charge is 2.24. The van der Waals surface area contributed by atoms with Crippen molar-refractivity contribution in [2.75, 3.05) is 13.1 Å². The van der Waals surface area contributed by atoms with E-state index in [2.05, 4.69) is 39.6 Å². The van der Waals surface area contributed by atoms with Crippen LogP contribution in [-0.4, -0.2) is 33.4 Å². The first-order valence-corrected chi connectivity index (χ1v) is 10.8. The molecule has 3 rings (SSSR count). The number of hydrogen-bond donors (Lipinski definition) is 0. The number of fused-ring (bicyclic) bond motifs is 3. The molecule has 0 bridgehead atoms. The zero-order chi connectivity index (χ0) is 19.7. The molecule has 0 N–H and O–H groups in total. The number of amides is 1. The molecule has 2 aromatic heterocycles. The summed E-state index contributed by atoms with van der Waals surface area (Å²) in [6.45, 7) is 12.2. The van der Waals surface area contributed by atoms with E-state index in [4.69, 9.17) is 0 Å². The fourth-order valence-electron chi connectivity index (χ4n) is 3.88. The van der Waals surface area contributed by atoms with Crippen molar-refractivity contribution in [3.05, 3.63) is 27.1 Å². The molecule has 2 aromatic rings. The summed E-state index contributed by atoms with van der Waals surface area (Å²) in [6.07, 6.45) is 4.64. The van der Waals surface area contributed by atoms with Gasteiger partial charge in [-0.3, -0.25) is 14.2 Å². The van der Waals surface area contributed by atoms with Gasteiger partial charge in [-0.25, -0.2) is 4.98 Å². The zero-order valence-electron chi connectivity index (χ0n) is 17.1. The molecule has 0 spiro atoms. The minimum absolute atomic E-state index is 0.00151. The Kier molecular flexibility index (Phi) is 6.04. The second-order valence-electron chi connectivity index (χ2n) is 8.80. The lowest BCUT2D eigenvalue weighted by atomic mass is 9.89. The Bertz CT molecular complexity index is 871. The normalized spacial score (nSPS) is 16.9. The van der Waals surface area contributed by atoms with Crippen LogP contribution in [0, 0.1) is 17.8 Å². The lowest BCUT2D eigenvalue weighted by Crippen LogP contribution is -2.40. The minimum atomic E-state index is -0.0607. The Morgan fingerprint density at radius 2 is 1.96 bits per heavy atom. The van der Waals surface area contributed by atoms with Crippen molar-refractivity contribution in [2.24, 2.45) is 17.8 Å². The van der Waals surface area contributed by atoms with E-state index in [1.165, 1.54) is 15.0 Å². The second kappa shape index (κ2) is 8.13. The molecule has 1 atom stereocenters. The smallest absolute Gasteiger partial charge is 0.262 e. The van der Waals surface area contributed by atoms with Gasteiger partial charge in [0.2, 0.25) is 5.91 Å². The van der Waals surface area contributed by atoms with Crippen LogP contribution >= 0.6 is 11.3 Å². The molecule has 1 aliphatic rings. The Balaban J connectivity index is 1.89. The zero-order valence-corrected chi connectivity index (χ0v) is 17.9. The highest BCUT2D eigenvalue weighted by atomic mass is 32.1. The Morgan fingerprint density at radius 1 is 1.30 bits per heavy atom. The monoisotopic (exact) mass is 389 g/mol. The van der Waals surface area contributed by atoms with E-state index in [0.717, 1.165) is 29.5 Å². The van der Waals surface area contributed by atoms with Crippen molar-refractivity contribution >= 4 is 27.5 Å². The van der Waals surface area contributed by atoms with Crippen molar-refractivity contribution in [3.8, 4) is 0 Å². The molecule has 0 saturated heterocycles. The van der Waals surface area contributed by atoms with E-state index < -0.39 is 0 Å². The molecular weight excluding hydrogens is 358 g/mol. The van der Waals surface area contributed by atoms with Crippen LogP contribution in [-0.2, 0) is 24.2 Å². The van der Waals surface area contributed by atoms with E-state index in [0.29, 0.717) is 30.8 Å². The van der Waals surface area contributed by atoms with Crippen LogP contribution in [0.1, 0.15) is 51.5 Å². The summed E-state index contributed by atoms with van der Waals surface area (Å²) in [6, 6.07) is 0. The van der Waals surface area contributed by atoms with Gasteiger partial charge in [0.05, 0.1) is 11.7 Å². The summed E-state index contributed by atoms with van der Waals surface area (Å²) >= 11 is 1.65. The van der Waals surface area contributed by atoms with E-state index in [1.807, 2.05) is 4.90 Å². The largest absolute Gasteiger partial charge is 0.341 e. The Hall–Kier alpha value is -1.69. The molecule has 27 heavy (non-hydrogen) atoms. The summed E-state index contributed by atoms with van der Waals surface area (Å²) in [4.78, 5) is 34.5. The molecule has 1 aliphatic carbocycles. The first kappa shape index (κ1) is 20.1. The quantitative estimate of drug-likeness (QED) is 0.756. The van der Waals surface area contributed by atoms with Crippen LogP contribution in [0.2, 0.25) is 0 Å². The van der Waals surface area contributed by atoms with Crippen LogP contribution in [0.3, 0.4) is 0 Å². The van der Waals surface area contributed by atoms with Gasteiger partial charge in [-0.2, -0.15) is 0 Å². The fraction of sp³-hybridized carbons (Fsp3) is 0.667. The number of nitrogens with zero attached hydrogens (tertiary/aromatic N) is 3. The molecule has 148 valence electrons. The summed E-state index contributed by atoms with van der Waals surface area (Å²) in [5.74, 6) is 1.46. The number of carbonyl (C=O) groups excluding carboxylic acids is 1. The van der Waals surface area contributed by atoms with Crippen LogP contribution in [0.4, 0.5) is 0 Å². The van der Waals surface area contributed by atoms with E-state index in [9.17, 15) is 9.59 Å². The molecule has 0 fully saturated rings. The average molecular weight is 390 g/mol. The molecule has 2 heterocycles. The van der Waals surface area contributed by atoms with Crippen molar-refractivity contribution in [3.63, 3.8) is 0 Å². The van der Waals surface area contributed by atoms with Gasteiger partial charge in [0.1, 0.15) is 11.4 Å². The third kappa shape index (κ3) is 4.42. The highest BCUT2D eigenvalue weighted by Crippen LogP contribution is 2.35. The molecule has 0 saturated carbocycles. The van der Waals surface area contributed by atoms with Crippen molar-refractivity contribution in [1.82, 2.24) is 14.5 Å². The van der Waals surface area contributed by atoms with Gasteiger partial charge in [0, 0.05) is 18.0 Å². The standard InChI is InChI=1S/C21H31N3O2S/c1-13(2)9-23(10-14(3)4)18(25)11-24-12-22-20-19(21(24)26)16-7-6-15(5)8-17(16)27-20/h12-15H,6-11H2,1-5H3/t15-/m0/s1. The summed E-state index contributed by atoms with van der Waals surface area (Å²) in [5.41, 5.74) is 1.11. The van der Waals surface area contributed by atoms with E-state index in [-0.39, 0.29) is 18.0 Å². The highest BCUT2D eigenvalue weighted by molar-refractivity contribution is 7.18. The van der Waals surface area contributed by atoms with Gasteiger partial charge in [0.15, 0.2) is 0 Å². The molecular formula is C21H31N3O2S. The lowest BCUT2D eigenvalue weighted by Gasteiger charge is -2.26. The first-order valence-electron chi connectivity index (χ1n) is 10.0. The maximum atomic E-state index is 13.1. The molecule has 0 radical (unpaired) electrons. The van der Waals surface area contributed by atoms with Gasteiger partial charge in [-0.1, -0.05) is 34.6 Å². The summed E-state index contributed by atoms with van der Waals surface area (Å²) < 4.78 is 1.50. The number of thiophene rings is 1. The van der Waals surface area contributed by atoms with Crippen LogP contribution < -0.4 is 5.56 Å². The molecule has 5 nitrogen and oxygen atoms in total. The second-order valence-corrected chi connectivity index (χ2v) is 9.88. The van der Waals surface area contributed by atoms with Gasteiger partial charge in [0.25, 0.3) is 5.56 Å². The number of rotatable bonds is 6. The van der Waals surface area contributed by atoms with Gasteiger partial charge in [-0.05, 0) is 42.6 Å². The maximum absolute atomic E-state index is 13.1.